The summed E-state index contributed by atoms with van der Waals surface area (Å²) in [5.41, 5.74) is 3.78. The molecule has 0 radical (unpaired) electrons. The number of pyridine rings is 1. The van der Waals surface area contributed by atoms with E-state index in [9.17, 15) is 14.4 Å². The fourth-order valence-corrected chi connectivity index (χ4v) is 5.21. The molecule has 2 aliphatic rings. The van der Waals surface area contributed by atoms with Crippen LogP contribution in [0.5, 0.6) is 0 Å². The van der Waals surface area contributed by atoms with Crippen molar-refractivity contribution in [2.75, 3.05) is 25.0 Å². The summed E-state index contributed by atoms with van der Waals surface area (Å²) >= 11 is 0. The van der Waals surface area contributed by atoms with Crippen molar-refractivity contribution in [2.24, 2.45) is 5.92 Å². The van der Waals surface area contributed by atoms with Crippen LogP contribution in [-0.2, 0) is 14.4 Å². The molecule has 1 aromatic heterocycles. The van der Waals surface area contributed by atoms with Gasteiger partial charge in [0.1, 0.15) is 0 Å². The van der Waals surface area contributed by atoms with Gasteiger partial charge in [-0.3, -0.25) is 19.4 Å². The van der Waals surface area contributed by atoms with Crippen LogP contribution in [0.4, 0.5) is 5.69 Å². The van der Waals surface area contributed by atoms with E-state index in [2.05, 4.69) is 41.5 Å². The van der Waals surface area contributed by atoms with E-state index in [1.807, 2.05) is 11.8 Å². The molecule has 0 saturated carbocycles. The van der Waals surface area contributed by atoms with Crippen LogP contribution in [0, 0.1) is 12.8 Å². The molecule has 0 spiro atoms. The average Bonchev–Trinajstić information content (AvgIpc) is 2.83. The summed E-state index contributed by atoms with van der Waals surface area (Å²) in [7, 11) is 0. The Morgan fingerprint density at radius 3 is 2.44 bits per heavy atom. The molecule has 2 unspecified atom stereocenters. The van der Waals surface area contributed by atoms with Crippen LogP contribution in [0.25, 0.3) is 0 Å². The van der Waals surface area contributed by atoms with E-state index >= 15 is 0 Å². The van der Waals surface area contributed by atoms with Crippen molar-refractivity contribution in [1.82, 2.24) is 14.8 Å². The first-order chi connectivity index (χ1) is 16.3. The van der Waals surface area contributed by atoms with E-state index in [0.29, 0.717) is 24.1 Å². The number of hydrogen-bond donors (Lipinski definition) is 1. The van der Waals surface area contributed by atoms with Gasteiger partial charge in [-0.25, -0.2) is 0 Å². The first-order valence-corrected chi connectivity index (χ1v) is 12.2. The number of aromatic nitrogens is 1. The summed E-state index contributed by atoms with van der Waals surface area (Å²) in [4.78, 5) is 45.5. The van der Waals surface area contributed by atoms with Gasteiger partial charge in [-0.1, -0.05) is 31.2 Å². The van der Waals surface area contributed by atoms with Gasteiger partial charge in [0.2, 0.25) is 5.91 Å². The van der Waals surface area contributed by atoms with Crippen molar-refractivity contribution in [3.05, 3.63) is 59.4 Å². The highest BCUT2D eigenvalue weighted by molar-refractivity contribution is 6.39. The molecule has 0 bridgehead atoms. The Hall–Kier alpha value is -3.22. The normalized spacial score (nSPS) is 21.3. The van der Waals surface area contributed by atoms with E-state index in [0.717, 1.165) is 49.9 Å². The maximum atomic E-state index is 13.3. The fourth-order valence-electron chi connectivity index (χ4n) is 5.21. The Kier molecular flexibility index (Phi) is 7.29. The highest BCUT2D eigenvalue weighted by Crippen LogP contribution is 2.36. The fraction of sp³-hybridized carbons (Fsp3) is 0.481. The van der Waals surface area contributed by atoms with Gasteiger partial charge in [-0.2, -0.15) is 0 Å². The second-order valence-electron chi connectivity index (χ2n) is 9.81. The van der Waals surface area contributed by atoms with Gasteiger partial charge in [0, 0.05) is 32.8 Å². The zero-order chi connectivity index (χ0) is 24.2. The van der Waals surface area contributed by atoms with Crippen LogP contribution in [0.15, 0.2) is 42.7 Å². The molecule has 0 aliphatic carbocycles. The van der Waals surface area contributed by atoms with E-state index in [1.165, 1.54) is 5.56 Å². The van der Waals surface area contributed by atoms with Crippen molar-refractivity contribution in [1.29, 1.82) is 0 Å². The number of hydrogen-bond acceptors (Lipinski definition) is 4. The number of rotatable bonds is 3. The lowest BCUT2D eigenvalue weighted by atomic mass is 9.85. The molecule has 2 saturated heterocycles. The second-order valence-corrected chi connectivity index (χ2v) is 9.81. The second kappa shape index (κ2) is 10.4. The Morgan fingerprint density at radius 1 is 1.00 bits per heavy atom. The van der Waals surface area contributed by atoms with Crippen molar-refractivity contribution < 1.29 is 14.4 Å². The molecule has 2 aromatic rings. The van der Waals surface area contributed by atoms with Crippen molar-refractivity contribution in [3.8, 4) is 0 Å². The van der Waals surface area contributed by atoms with Gasteiger partial charge in [-0.15, -0.1) is 0 Å². The summed E-state index contributed by atoms with van der Waals surface area (Å²) in [5, 5.41) is 2.72. The molecule has 3 heterocycles. The van der Waals surface area contributed by atoms with Crippen LogP contribution in [0.3, 0.4) is 0 Å². The van der Waals surface area contributed by atoms with Crippen molar-refractivity contribution >= 4 is 23.4 Å². The Balaban J connectivity index is 1.50. The maximum Gasteiger partial charge on any atom is 0.313 e. The monoisotopic (exact) mass is 462 g/mol. The minimum atomic E-state index is -0.626. The number of carbonyl (C=O) groups is 3. The third-order valence-electron chi connectivity index (χ3n) is 7.11. The van der Waals surface area contributed by atoms with Crippen LogP contribution < -0.4 is 5.32 Å². The van der Waals surface area contributed by atoms with Crippen LogP contribution in [-0.4, -0.2) is 52.1 Å². The minimum absolute atomic E-state index is 0.123. The maximum absolute atomic E-state index is 13.3. The lowest BCUT2D eigenvalue weighted by Crippen LogP contribution is -2.46. The zero-order valence-corrected chi connectivity index (χ0v) is 20.3. The van der Waals surface area contributed by atoms with E-state index in [1.54, 1.807) is 30.3 Å². The van der Waals surface area contributed by atoms with Gasteiger partial charge in [-0.05, 0) is 67.2 Å². The lowest BCUT2D eigenvalue weighted by molar-refractivity contribution is -0.146. The van der Waals surface area contributed by atoms with Gasteiger partial charge in [0.15, 0.2) is 0 Å². The molecule has 1 N–H and O–H groups in total. The molecule has 2 atom stereocenters. The smallest absolute Gasteiger partial charge is 0.313 e. The average molecular weight is 463 g/mol. The van der Waals surface area contributed by atoms with Crippen LogP contribution in [0.1, 0.15) is 68.2 Å². The summed E-state index contributed by atoms with van der Waals surface area (Å²) in [5.74, 6) is -0.248. The molecule has 180 valence electrons. The Morgan fingerprint density at radius 2 is 1.74 bits per heavy atom. The number of likely N-dealkylation sites (tertiary alicyclic amines) is 2. The number of nitrogens with zero attached hydrogens (tertiary/aromatic N) is 3. The highest BCUT2D eigenvalue weighted by atomic mass is 16.2. The molecule has 1 aromatic carbocycles. The molecular weight excluding hydrogens is 428 g/mol. The standard InChI is InChI=1S/C27H34N4O3/c1-18-7-8-25(31(17-18)27(34)26(33)29-24-13-19(2)15-28-16-24)23-6-4-5-22(14-23)21-9-11-30(12-10-21)20(3)32/h4-6,13-16,18,21,25H,7-12,17H2,1-3H3,(H,29,33). The summed E-state index contributed by atoms with van der Waals surface area (Å²) in [6.07, 6.45) is 6.99. The number of benzene rings is 1. The number of amides is 3. The van der Waals surface area contributed by atoms with Gasteiger partial charge >= 0.3 is 11.8 Å². The number of piperidine rings is 2. The largest absolute Gasteiger partial charge is 0.343 e. The summed E-state index contributed by atoms with van der Waals surface area (Å²) < 4.78 is 0. The Bertz CT molecular complexity index is 1060. The lowest BCUT2D eigenvalue weighted by Gasteiger charge is -2.39. The van der Waals surface area contributed by atoms with E-state index in [4.69, 9.17) is 0 Å². The topological polar surface area (TPSA) is 82.6 Å². The van der Waals surface area contributed by atoms with Crippen molar-refractivity contribution in [2.45, 2.75) is 58.4 Å². The third-order valence-corrected chi connectivity index (χ3v) is 7.11. The number of carbonyl (C=O) groups excluding carboxylic acids is 3. The van der Waals surface area contributed by atoms with Crippen LogP contribution in [0.2, 0.25) is 0 Å². The van der Waals surface area contributed by atoms with Gasteiger partial charge < -0.3 is 15.1 Å². The number of aryl methyl sites for hydroxylation is 1. The summed E-state index contributed by atoms with van der Waals surface area (Å²) in [6, 6.07) is 10.2. The van der Waals surface area contributed by atoms with Crippen molar-refractivity contribution in [3.63, 3.8) is 0 Å². The zero-order valence-electron chi connectivity index (χ0n) is 20.3. The predicted octanol–water partition coefficient (Wildman–Crippen LogP) is 4.05. The first-order valence-electron chi connectivity index (χ1n) is 12.2. The van der Waals surface area contributed by atoms with Crippen LogP contribution >= 0.6 is 0 Å². The Labute approximate surface area is 201 Å². The van der Waals surface area contributed by atoms with E-state index in [-0.39, 0.29) is 11.9 Å². The van der Waals surface area contributed by atoms with Gasteiger partial charge in [0.05, 0.1) is 17.9 Å². The van der Waals surface area contributed by atoms with E-state index < -0.39 is 11.8 Å². The molecule has 34 heavy (non-hydrogen) atoms. The highest BCUT2D eigenvalue weighted by Gasteiger charge is 2.34. The molecule has 7 heteroatoms. The molecule has 4 rings (SSSR count). The third kappa shape index (κ3) is 5.46. The molecular formula is C27H34N4O3. The number of anilines is 1. The van der Waals surface area contributed by atoms with Gasteiger partial charge in [0.25, 0.3) is 0 Å². The molecule has 3 amide bonds. The molecule has 2 fully saturated rings. The SMILES string of the molecule is CC(=O)N1CCC(c2cccc(C3CCC(C)CN3C(=O)C(=O)Nc3cncc(C)c3)c2)CC1. The first kappa shape index (κ1) is 23.9. The quantitative estimate of drug-likeness (QED) is 0.698. The summed E-state index contributed by atoms with van der Waals surface area (Å²) in [6.45, 7) is 7.77. The predicted molar refractivity (Wildman–Crippen MR) is 131 cm³/mol. The molecule has 7 nitrogen and oxygen atoms in total. The number of nitrogens with one attached hydrogen (secondary N) is 1. The molecule has 2 aliphatic heterocycles. The minimum Gasteiger partial charge on any atom is -0.343 e.